The van der Waals surface area contributed by atoms with Crippen LogP contribution in [-0.4, -0.2) is 11.8 Å². The zero-order valence-corrected chi connectivity index (χ0v) is 8.72. The number of alkyl halides is 1. The zero-order chi connectivity index (χ0) is 9.87. The number of imide groups is 1. The van der Waals surface area contributed by atoms with Gasteiger partial charge in [0, 0.05) is 4.83 Å². The Hall–Kier alpha value is -1.16. The van der Waals surface area contributed by atoms with E-state index in [1.54, 1.807) is 6.07 Å². The maximum atomic E-state index is 11.4. The van der Waals surface area contributed by atoms with Crippen LogP contribution in [0.2, 0.25) is 0 Å². The van der Waals surface area contributed by atoms with E-state index in [0.717, 1.165) is 17.5 Å². The third kappa shape index (κ3) is 0.817. The minimum atomic E-state index is -0.272. The molecule has 0 aromatic heterocycles. The normalized spacial score (nSPS) is 22.5. The molecule has 70 valence electrons. The molecule has 14 heavy (non-hydrogen) atoms. The molecule has 3 nitrogen and oxygen atoms in total. The number of hydrogen-bond donors (Lipinski definition) is 1. The lowest BCUT2D eigenvalue weighted by Gasteiger charge is -2.26. The van der Waals surface area contributed by atoms with Crippen LogP contribution in [0.15, 0.2) is 12.1 Å². The van der Waals surface area contributed by atoms with Gasteiger partial charge in [0.1, 0.15) is 0 Å². The van der Waals surface area contributed by atoms with Gasteiger partial charge >= 0.3 is 0 Å². The molecule has 1 aromatic carbocycles. The Bertz CT molecular complexity index is 481. The van der Waals surface area contributed by atoms with Crippen LogP contribution in [-0.2, 0) is 6.42 Å². The van der Waals surface area contributed by atoms with Crippen molar-refractivity contribution in [3.63, 3.8) is 0 Å². The second kappa shape index (κ2) is 2.45. The number of hydrogen-bond acceptors (Lipinski definition) is 2. The lowest BCUT2D eigenvalue weighted by molar-refractivity contribution is 0.0879. The molecule has 0 spiro atoms. The van der Waals surface area contributed by atoms with E-state index in [-0.39, 0.29) is 11.8 Å². The van der Waals surface area contributed by atoms with E-state index in [2.05, 4.69) is 21.2 Å². The Labute approximate surface area is 88.6 Å². The first kappa shape index (κ1) is 8.17. The van der Waals surface area contributed by atoms with Crippen LogP contribution in [0.1, 0.15) is 36.7 Å². The molecule has 1 atom stereocenters. The summed E-state index contributed by atoms with van der Waals surface area (Å²) in [6, 6.07) is 3.64. The van der Waals surface area contributed by atoms with Gasteiger partial charge in [-0.15, -0.1) is 0 Å². The highest BCUT2D eigenvalue weighted by molar-refractivity contribution is 9.09. The average Bonchev–Trinajstić information content (AvgIpc) is 2.40. The van der Waals surface area contributed by atoms with Gasteiger partial charge in [-0.2, -0.15) is 0 Å². The first-order chi connectivity index (χ1) is 6.68. The van der Waals surface area contributed by atoms with Gasteiger partial charge in [-0.25, -0.2) is 0 Å². The first-order valence-corrected chi connectivity index (χ1v) is 5.25. The maximum Gasteiger partial charge on any atom is 0.259 e. The largest absolute Gasteiger partial charge is 0.288 e. The van der Waals surface area contributed by atoms with Crippen molar-refractivity contribution in [1.29, 1.82) is 0 Å². The highest BCUT2D eigenvalue weighted by atomic mass is 79.9. The van der Waals surface area contributed by atoms with Crippen molar-refractivity contribution < 1.29 is 9.59 Å². The molecule has 1 aliphatic carbocycles. The fraction of sp³-hybridized carbons (Fsp3) is 0.200. The lowest BCUT2D eigenvalue weighted by Crippen LogP contribution is -2.21. The molecule has 0 fully saturated rings. The van der Waals surface area contributed by atoms with Crippen molar-refractivity contribution in [2.45, 2.75) is 11.2 Å². The Morgan fingerprint density at radius 2 is 2.07 bits per heavy atom. The molecule has 1 aromatic rings. The SMILES string of the molecule is O=C1NC(=O)c2c1ccc1c2CC1Br. The number of carbonyl (C=O) groups excluding carboxylic acids is 2. The summed E-state index contributed by atoms with van der Waals surface area (Å²) in [5, 5.41) is 2.31. The van der Waals surface area contributed by atoms with Crippen molar-refractivity contribution in [2.24, 2.45) is 0 Å². The molecule has 0 saturated heterocycles. The summed E-state index contributed by atoms with van der Waals surface area (Å²) in [7, 11) is 0. The number of benzene rings is 1. The van der Waals surface area contributed by atoms with E-state index in [4.69, 9.17) is 0 Å². The fourth-order valence-corrected chi connectivity index (χ4v) is 2.77. The molecule has 0 saturated carbocycles. The molecule has 3 rings (SSSR count). The highest BCUT2D eigenvalue weighted by Gasteiger charge is 2.36. The smallest absolute Gasteiger partial charge is 0.259 e. The second-order valence-electron chi connectivity index (χ2n) is 3.51. The Morgan fingerprint density at radius 1 is 1.29 bits per heavy atom. The van der Waals surface area contributed by atoms with Crippen LogP contribution in [0.25, 0.3) is 0 Å². The van der Waals surface area contributed by atoms with Crippen molar-refractivity contribution in [1.82, 2.24) is 5.32 Å². The van der Waals surface area contributed by atoms with E-state index < -0.39 is 0 Å². The third-order valence-corrected chi connectivity index (χ3v) is 3.59. The van der Waals surface area contributed by atoms with E-state index in [9.17, 15) is 9.59 Å². The topological polar surface area (TPSA) is 46.2 Å². The van der Waals surface area contributed by atoms with Gasteiger partial charge in [0.05, 0.1) is 11.1 Å². The van der Waals surface area contributed by atoms with Crippen LogP contribution >= 0.6 is 15.9 Å². The highest BCUT2D eigenvalue weighted by Crippen LogP contribution is 2.43. The number of amides is 2. The van der Waals surface area contributed by atoms with E-state index in [1.807, 2.05) is 6.07 Å². The summed E-state index contributed by atoms with van der Waals surface area (Å²) in [5.41, 5.74) is 3.26. The Balaban J connectivity index is 2.30. The van der Waals surface area contributed by atoms with Gasteiger partial charge in [-0.05, 0) is 23.6 Å². The van der Waals surface area contributed by atoms with Crippen LogP contribution in [0.3, 0.4) is 0 Å². The van der Waals surface area contributed by atoms with Crippen LogP contribution < -0.4 is 5.32 Å². The van der Waals surface area contributed by atoms with Crippen molar-refractivity contribution in [3.8, 4) is 0 Å². The molecule has 4 heteroatoms. The van der Waals surface area contributed by atoms with E-state index in [1.165, 1.54) is 0 Å². The number of carbonyl (C=O) groups is 2. The summed E-state index contributed by atoms with van der Waals surface area (Å²) in [6.07, 6.45) is 0.833. The minimum absolute atomic E-state index is 0.249. The van der Waals surface area contributed by atoms with E-state index in [0.29, 0.717) is 16.0 Å². The molecule has 0 radical (unpaired) electrons. The predicted molar refractivity (Wildman–Crippen MR) is 53.6 cm³/mol. The molecule has 0 bridgehead atoms. The van der Waals surface area contributed by atoms with Gasteiger partial charge in [0.25, 0.3) is 11.8 Å². The number of fused-ring (bicyclic) bond motifs is 3. The van der Waals surface area contributed by atoms with Crippen LogP contribution in [0.5, 0.6) is 0 Å². The lowest BCUT2D eigenvalue weighted by atomic mass is 9.83. The molecule has 2 amide bonds. The standard InChI is InChI=1S/C10H6BrNO2/c11-7-3-6-4(7)1-2-5-8(6)10(14)12-9(5)13/h1-2,7H,3H2,(H,12,13,14). The molecular weight excluding hydrogens is 246 g/mol. The summed E-state index contributed by atoms with van der Waals surface area (Å²) < 4.78 is 0. The molecule has 1 N–H and O–H groups in total. The molecule has 1 unspecified atom stereocenters. The summed E-state index contributed by atoms with van der Waals surface area (Å²) in [4.78, 5) is 23.1. The molecule has 2 aliphatic rings. The Kier molecular flexibility index (Phi) is 1.43. The van der Waals surface area contributed by atoms with Gasteiger partial charge in [-0.1, -0.05) is 22.0 Å². The molecule has 1 aliphatic heterocycles. The van der Waals surface area contributed by atoms with Gasteiger partial charge in [-0.3, -0.25) is 14.9 Å². The molecule has 1 heterocycles. The minimum Gasteiger partial charge on any atom is -0.288 e. The zero-order valence-electron chi connectivity index (χ0n) is 7.13. The quantitative estimate of drug-likeness (QED) is 0.562. The number of rotatable bonds is 0. The second-order valence-corrected chi connectivity index (χ2v) is 4.62. The van der Waals surface area contributed by atoms with Gasteiger partial charge in [0.2, 0.25) is 0 Å². The van der Waals surface area contributed by atoms with Crippen molar-refractivity contribution in [3.05, 3.63) is 34.4 Å². The van der Waals surface area contributed by atoms with Crippen LogP contribution in [0.4, 0.5) is 0 Å². The maximum absolute atomic E-state index is 11.4. The summed E-state index contributed by atoms with van der Waals surface area (Å²) in [5.74, 6) is -0.521. The molecular formula is C10H6BrNO2. The first-order valence-electron chi connectivity index (χ1n) is 4.34. The predicted octanol–water partition coefficient (Wildman–Crippen LogP) is 1.56. The number of nitrogens with one attached hydrogen (secondary N) is 1. The van der Waals surface area contributed by atoms with Gasteiger partial charge < -0.3 is 0 Å². The Morgan fingerprint density at radius 3 is 2.79 bits per heavy atom. The van der Waals surface area contributed by atoms with Crippen molar-refractivity contribution in [2.75, 3.05) is 0 Å². The summed E-state index contributed by atoms with van der Waals surface area (Å²) in [6.45, 7) is 0. The third-order valence-electron chi connectivity index (χ3n) is 2.77. The number of halogens is 1. The fourth-order valence-electron chi connectivity index (χ4n) is 2.02. The summed E-state index contributed by atoms with van der Waals surface area (Å²) >= 11 is 3.49. The monoisotopic (exact) mass is 251 g/mol. The van der Waals surface area contributed by atoms with Gasteiger partial charge in [0.15, 0.2) is 0 Å². The van der Waals surface area contributed by atoms with Crippen LogP contribution in [0, 0.1) is 0 Å². The van der Waals surface area contributed by atoms with E-state index >= 15 is 0 Å². The average molecular weight is 252 g/mol. The van der Waals surface area contributed by atoms with Crippen molar-refractivity contribution >= 4 is 27.7 Å².